The number of benzene rings is 2. The molecule has 1 spiro atoms. The third-order valence-corrected chi connectivity index (χ3v) is 15.2. The molecule has 2 aliphatic carbocycles. The van der Waals surface area contributed by atoms with E-state index in [-0.39, 0.29) is 29.6 Å². The van der Waals surface area contributed by atoms with E-state index in [0.29, 0.717) is 37.2 Å². The molecule has 2 aromatic carbocycles. The first kappa shape index (κ1) is 37.0. The van der Waals surface area contributed by atoms with E-state index in [0.717, 1.165) is 94.0 Å². The molecule has 3 heterocycles. The van der Waals surface area contributed by atoms with Gasteiger partial charge in [-0.1, -0.05) is 44.9 Å². The maximum absolute atomic E-state index is 13.6. The first-order valence-electron chi connectivity index (χ1n) is 19.4. The number of amides is 1. The van der Waals surface area contributed by atoms with E-state index >= 15 is 0 Å². The summed E-state index contributed by atoms with van der Waals surface area (Å²) in [7, 11) is -3.91. The van der Waals surface area contributed by atoms with Crippen LogP contribution < -0.4 is 14.4 Å². The maximum Gasteiger partial charge on any atom is 0.264 e. The fourth-order valence-electron chi connectivity index (χ4n) is 9.68. The van der Waals surface area contributed by atoms with Crippen LogP contribution in [-0.2, 0) is 31.3 Å². The zero-order chi connectivity index (χ0) is 35.9. The summed E-state index contributed by atoms with van der Waals surface area (Å²) in [5, 5.41) is 0.0311. The van der Waals surface area contributed by atoms with E-state index in [4.69, 9.17) is 25.8 Å². The average molecular weight is 742 g/mol. The number of aryl methyl sites for hydroxylation is 1. The lowest BCUT2D eigenvalue weighted by Gasteiger charge is -2.49. The van der Waals surface area contributed by atoms with Gasteiger partial charge in [0.25, 0.3) is 5.91 Å². The zero-order valence-electron chi connectivity index (χ0n) is 30.7. The molecule has 9 nitrogen and oxygen atoms in total. The minimum Gasteiger partial charge on any atom is -0.490 e. The van der Waals surface area contributed by atoms with Crippen molar-refractivity contribution in [2.45, 2.75) is 102 Å². The highest BCUT2D eigenvalue weighted by atomic mass is 35.5. The Hall–Kier alpha value is -2.37. The number of carbonyl (C=O) groups excluding carboxylic acids is 1. The van der Waals surface area contributed by atoms with Gasteiger partial charge in [0, 0.05) is 35.0 Å². The fourth-order valence-corrected chi connectivity index (χ4v) is 11.2. The van der Waals surface area contributed by atoms with Crippen molar-refractivity contribution in [3.05, 3.63) is 58.1 Å². The Morgan fingerprint density at radius 2 is 1.76 bits per heavy atom. The van der Waals surface area contributed by atoms with Crippen LogP contribution in [0.2, 0.25) is 5.02 Å². The Bertz CT molecular complexity index is 1680. The Kier molecular flexibility index (Phi) is 11.0. The molecule has 0 radical (unpaired) electrons. The molecule has 11 heteroatoms. The van der Waals surface area contributed by atoms with Gasteiger partial charge in [-0.15, -0.1) is 0 Å². The van der Waals surface area contributed by atoms with Crippen LogP contribution in [0.4, 0.5) is 5.69 Å². The molecule has 0 unspecified atom stereocenters. The quantitative estimate of drug-likeness (QED) is 0.366. The first-order valence-corrected chi connectivity index (χ1v) is 21.3. The zero-order valence-corrected chi connectivity index (χ0v) is 32.3. The number of anilines is 1. The van der Waals surface area contributed by atoms with Crippen molar-refractivity contribution in [3.8, 4) is 5.75 Å². The average Bonchev–Trinajstić information content (AvgIpc) is 3.26. The number of likely N-dealkylation sites (N-methyl/N-ethyl adjacent to an activating group) is 1. The van der Waals surface area contributed by atoms with Crippen LogP contribution in [-0.4, -0.2) is 82.8 Å². The second kappa shape index (κ2) is 15.2. The lowest BCUT2D eigenvalue weighted by Crippen LogP contribution is -2.53. The Morgan fingerprint density at radius 1 is 0.980 bits per heavy atom. The number of ether oxygens (including phenoxy) is 3. The highest BCUT2D eigenvalue weighted by molar-refractivity contribution is 7.90. The number of sulfonamides is 1. The molecule has 6 atom stereocenters. The summed E-state index contributed by atoms with van der Waals surface area (Å²) < 4.78 is 49.4. The van der Waals surface area contributed by atoms with E-state index in [2.05, 4.69) is 40.5 Å². The maximum atomic E-state index is 13.6. The van der Waals surface area contributed by atoms with Gasteiger partial charge in [0.2, 0.25) is 10.0 Å². The third-order valence-electron chi connectivity index (χ3n) is 13.1. The SMILES string of the molecule is CCN(CC)[C@H]1CO[C@@H]([C@H]2CCC[C@H](C)[C@@H](C)S(=O)(=O)NC(=O)c3ccc4c(c3)N(C[C@@H]3CC[C@H]32)C[C@@]2(CCCc3cc(Cl)ccc32)CO4)OC1. The summed E-state index contributed by atoms with van der Waals surface area (Å²) in [4.78, 5) is 18.4. The van der Waals surface area contributed by atoms with Crippen molar-refractivity contribution in [2.24, 2.45) is 23.7 Å². The summed E-state index contributed by atoms with van der Waals surface area (Å²) >= 11 is 6.49. The van der Waals surface area contributed by atoms with Crippen molar-refractivity contribution in [2.75, 3.05) is 50.9 Å². The van der Waals surface area contributed by atoms with Gasteiger partial charge in [-0.2, -0.15) is 0 Å². The molecular formula is C40H56ClN3O6S. The summed E-state index contributed by atoms with van der Waals surface area (Å²) in [6.45, 7) is 13.4. The Balaban J connectivity index is 1.25. The number of fused-ring (bicyclic) bond motifs is 4. The fraction of sp³-hybridized carbons (Fsp3) is 0.675. The molecule has 1 amide bonds. The number of halogens is 1. The lowest BCUT2D eigenvalue weighted by molar-refractivity contribution is -0.243. The minimum atomic E-state index is -3.91. The molecule has 5 aliphatic rings. The molecule has 51 heavy (non-hydrogen) atoms. The number of nitrogens with one attached hydrogen (secondary N) is 1. The number of nitrogens with zero attached hydrogens (tertiary/aromatic N) is 2. The molecule has 1 saturated carbocycles. The van der Waals surface area contributed by atoms with Gasteiger partial charge in [-0.3, -0.25) is 9.69 Å². The molecule has 2 aromatic rings. The van der Waals surface area contributed by atoms with Crippen molar-refractivity contribution in [3.63, 3.8) is 0 Å². The number of hydrogen-bond acceptors (Lipinski definition) is 8. The number of hydrogen-bond donors (Lipinski definition) is 1. The smallest absolute Gasteiger partial charge is 0.264 e. The van der Waals surface area contributed by atoms with Gasteiger partial charge >= 0.3 is 0 Å². The predicted molar refractivity (Wildman–Crippen MR) is 201 cm³/mol. The Morgan fingerprint density at radius 3 is 2.49 bits per heavy atom. The van der Waals surface area contributed by atoms with E-state index in [9.17, 15) is 13.2 Å². The van der Waals surface area contributed by atoms with Crippen molar-refractivity contribution < 1.29 is 27.4 Å². The topological polar surface area (TPSA) is 97.4 Å². The van der Waals surface area contributed by atoms with Gasteiger partial charge in [-0.05, 0) is 124 Å². The molecule has 1 saturated heterocycles. The summed E-state index contributed by atoms with van der Waals surface area (Å²) in [5.74, 6) is 1.05. The van der Waals surface area contributed by atoms with Crippen molar-refractivity contribution in [1.82, 2.24) is 9.62 Å². The van der Waals surface area contributed by atoms with Crippen molar-refractivity contribution in [1.29, 1.82) is 0 Å². The second-order valence-electron chi connectivity index (χ2n) is 16.0. The van der Waals surface area contributed by atoms with Gasteiger partial charge in [0.1, 0.15) is 5.75 Å². The molecule has 2 fully saturated rings. The van der Waals surface area contributed by atoms with Crippen LogP contribution in [0.5, 0.6) is 5.75 Å². The predicted octanol–water partition coefficient (Wildman–Crippen LogP) is 6.81. The van der Waals surface area contributed by atoms with Crippen LogP contribution >= 0.6 is 11.6 Å². The standard InChI is InChI=1S/C40H56ClN3O6S/c1-5-43(6-2)32-22-48-39(49-23-32)34-11-7-9-26(3)27(4)51(46,47)42-38(45)29-13-17-37-36(20-29)44(21-30-12-15-33(30)34)24-40(25-50-37)18-8-10-28-19-31(41)14-16-35(28)40/h13-14,16-17,19-20,26-27,30,32-34,39H,5-12,15,18,21-25H2,1-4H3,(H,42,45)/t26-,27+,30-,32-,33+,34-,39+,40-/m0/s1. The summed E-state index contributed by atoms with van der Waals surface area (Å²) in [6, 6.07) is 11.9. The largest absolute Gasteiger partial charge is 0.490 e. The monoisotopic (exact) mass is 741 g/mol. The lowest BCUT2D eigenvalue weighted by atomic mass is 9.64. The molecule has 2 bridgehead atoms. The summed E-state index contributed by atoms with van der Waals surface area (Å²) in [6.07, 6.45) is 7.51. The normalized spacial score (nSPS) is 34.0. The Labute approximate surface area is 309 Å². The van der Waals surface area contributed by atoms with Crippen LogP contribution in [0.1, 0.15) is 94.1 Å². The van der Waals surface area contributed by atoms with Gasteiger partial charge in [0.15, 0.2) is 6.29 Å². The van der Waals surface area contributed by atoms with Crippen LogP contribution in [0.25, 0.3) is 0 Å². The second-order valence-corrected chi connectivity index (χ2v) is 18.4. The van der Waals surface area contributed by atoms with E-state index < -0.39 is 21.2 Å². The van der Waals surface area contributed by atoms with E-state index in [1.165, 1.54) is 11.1 Å². The first-order chi connectivity index (χ1) is 24.5. The van der Waals surface area contributed by atoms with E-state index in [1.807, 2.05) is 25.1 Å². The molecule has 0 aromatic heterocycles. The molecule has 280 valence electrons. The van der Waals surface area contributed by atoms with Crippen LogP contribution in [0.3, 0.4) is 0 Å². The number of carbonyl (C=O) groups is 1. The molecular weight excluding hydrogens is 686 g/mol. The van der Waals surface area contributed by atoms with Gasteiger partial charge in [0.05, 0.1) is 36.8 Å². The third kappa shape index (κ3) is 7.42. The highest BCUT2D eigenvalue weighted by Crippen LogP contribution is 2.49. The summed E-state index contributed by atoms with van der Waals surface area (Å²) in [5.41, 5.74) is 3.49. The number of rotatable bonds is 4. The molecule has 7 rings (SSSR count). The van der Waals surface area contributed by atoms with Gasteiger partial charge < -0.3 is 19.1 Å². The van der Waals surface area contributed by atoms with Crippen LogP contribution in [0.15, 0.2) is 36.4 Å². The van der Waals surface area contributed by atoms with E-state index in [1.54, 1.807) is 13.0 Å². The van der Waals surface area contributed by atoms with Crippen LogP contribution in [0, 0.1) is 23.7 Å². The molecule has 1 N–H and O–H groups in total. The molecule has 3 aliphatic heterocycles. The highest BCUT2D eigenvalue weighted by Gasteiger charge is 2.47. The minimum absolute atomic E-state index is 0.123. The van der Waals surface area contributed by atoms with Crippen molar-refractivity contribution >= 4 is 33.2 Å². The van der Waals surface area contributed by atoms with Gasteiger partial charge in [-0.25, -0.2) is 13.1 Å².